The number of aliphatic imine (C=N–C) groups is 1. The van der Waals surface area contributed by atoms with Crippen molar-refractivity contribution in [2.24, 2.45) is 10.7 Å². The van der Waals surface area contributed by atoms with Crippen molar-refractivity contribution in [3.8, 4) is 0 Å². The van der Waals surface area contributed by atoms with Gasteiger partial charge < -0.3 is 20.7 Å². The van der Waals surface area contributed by atoms with Crippen LogP contribution in [-0.4, -0.2) is 61.0 Å². The van der Waals surface area contributed by atoms with Crippen molar-refractivity contribution in [1.82, 2.24) is 9.88 Å². The Hall–Kier alpha value is -3.04. The molecule has 31 heavy (non-hydrogen) atoms. The van der Waals surface area contributed by atoms with Gasteiger partial charge in [0.05, 0.1) is 23.7 Å². The lowest BCUT2D eigenvalue weighted by Gasteiger charge is -2.36. The molecule has 3 heterocycles. The number of carbonyl (C=O) groups is 1. The van der Waals surface area contributed by atoms with E-state index >= 15 is 0 Å². The normalized spacial score (nSPS) is 17.3. The molecule has 0 aliphatic carbocycles. The summed E-state index contributed by atoms with van der Waals surface area (Å²) in [6, 6.07) is 7.23. The molecule has 0 unspecified atom stereocenters. The number of fused-ring (bicyclic) bond motifs is 1. The topological polar surface area (TPSA) is 96.1 Å². The van der Waals surface area contributed by atoms with Crippen molar-refractivity contribution in [1.29, 1.82) is 0 Å². The highest BCUT2D eigenvalue weighted by atomic mass is 19.1. The van der Waals surface area contributed by atoms with Gasteiger partial charge in [-0.15, -0.1) is 0 Å². The van der Waals surface area contributed by atoms with Gasteiger partial charge in [0.1, 0.15) is 12.4 Å². The van der Waals surface area contributed by atoms with Gasteiger partial charge in [-0.3, -0.25) is 14.7 Å². The van der Waals surface area contributed by atoms with Crippen LogP contribution in [0.2, 0.25) is 0 Å². The first-order chi connectivity index (χ1) is 14.9. The fraction of sp³-hybridized carbons (Fsp3) is 0.409. The summed E-state index contributed by atoms with van der Waals surface area (Å²) in [4.78, 5) is 23.8. The van der Waals surface area contributed by atoms with Crippen LogP contribution in [-0.2, 0) is 11.3 Å². The maximum absolute atomic E-state index is 14.3. The third-order valence-electron chi connectivity index (χ3n) is 5.72. The number of nitrogens with one attached hydrogen (secondary N) is 1. The molecule has 0 atom stereocenters. The molecule has 1 fully saturated rings. The van der Waals surface area contributed by atoms with E-state index in [-0.39, 0.29) is 5.69 Å². The van der Waals surface area contributed by atoms with Crippen LogP contribution >= 0.6 is 0 Å². The molecule has 9 heteroatoms. The van der Waals surface area contributed by atoms with E-state index in [2.05, 4.69) is 39.2 Å². The predicted octanol–water partition coefficient (Wildman–Crippen LogP) is 2.44. The standard InChI is InChI=1S/C22H27FN6O2/c1-14-12-31-13-25-20-15(2)16(3-4-17(20)26-14)11-28-7-9-29(10-8-28)19-6-5-18(22(24)30)27-21(19)23/h3-6,25H,7-13H2,1-2H3,(H2,24,30). The van der Waals surface area contributed by atoms with Crippen molar-refractivity contribution in [2.45, 2.75) is 20.4 Å². The minimum atomic E-state index is -0.732. The van der Waals surface area contributed by atoms with Gasteiger partial charge in [0.25, 0.3) is 5.91 Å². The molecule has 0 spiro atoms. The smallest absolute Gasteiger partial charge is 0.267 e. The van der Waals surface area contributed by atoms with Crippen LogP contribution < -0.4 is 16.0 Å². The molecule has 2 aromatic rings. The highest BCUT2D eigenvalue weighted by molar-refractivity contribution is 5.91. The van der Waals surface area contributed by atoms with Gasteiger partial charge in [0.2, 0.25) is 5.95 Å². The molecule has 0 bridgehead atoms. The fourth-order valence-corrected chi connectivity index (χ4v) is 3.98. The Labute approximate surface area is 180 Å². The van der Waals surface area contributed by atoms with Crippen LogP contribution in [0.15, 0.2) is 29.3 Å². The molecule has 4 rings (SSSR count). The van der Waals surface area contributed by atoms with Gasteiger partial charge >= 0.3 is 0 Å². The Morgan fingerprint density at radius 3 is 2.68 bits per heavy atom. The van der Waals surface area contributed by atoms with Gasteiger partial charge in [-0.05, 0) is 43.2 Å². The molecule has 8 nitrogen and oxygen atoms in total. The van der Waals surface area contributed by atoms with Gasteiger partial charge in [-0.1, -0.05) is 6.07 Å². The summed E-state index contributed by atoms with van der Waals surface area (Å²) in [6.07, 6.45) is 0. The number of rotatable bonds is 4. The largest absolute Gasteiger partial charge is 0.365 e. The van der Waals surface area contributed by atoms with Crippen molar-refractivity contribution in [3.05, 3.63) is 47.0 Å². The highest BCUT2D eigenvalue weighted by Gasteiger charge is 2.22. The second-order valence-electron chi connectivity index (χ2n) is 7.89. The highest BCUT2D eigenvalue weighted by Crippen LogP contribution is 2.33. The van der Waals surface area contributed by atoms with Gasteiger partial charge in [-0.2, -0.15) is 4.39 Å². The van der Waals surface area contributed by atoms with E-state index in [4.69, 9.17) is 10.5 Å². The van der Waals surface area contributed by atoms with Crippen LogP contribution in [0.25, 0.3) is 0 Å². The Morgan fingerprint density at radius 1 is 1.19 bits per heavy atom. The first-order valence-corrected chi connectivity index (χ1v) is 10.3. The minimum Gasteiger partial charge on any atom is -0.365 e. The SMILES string of the molecule is CC1=Nc2ccc(CN3CCN(c4ccc(C(N)=O)nc4F)CC3)c(C)c2NCOC1. The number of nitrogens with two attached hydrogens (primary N) is 1. The number of hydrogen-bond donors (Lipinski definition) is 2. The Morgan fingerprint density at radius 2 is 1.97 bits per heavy atom. The lowest BCUT2D eigenvalue weighted by atomic mass is 10.0. The number of hydrogen-bond acceptors (Lipinski definition) is 7. The van der Waals surface area contributed by atoms with Crippen LogP contribution in [0.1, 0.15) is 28.5 Å². The van der Waals surface area contributed by atoms with E-state index in [0.717, 1.165) is 36.7 Å². The van der Waals surface area contributed by atoms with Gasteiger partial charge in [0.15, 0.2) is 0 Å². The maximum atomic E-state index is 14.3. The van der Waals surface area contributed by atoms with E-state index < -0.39 is 11.9 Å². The molecule has 164 valence electrons. The lowest BCUT2D eigenvalue weighted by molar-refractivity contribution is 0.0994. The summed E-state index contributed by atoms with van der Waals surface area (Å²) < 4.78 is 19.9. The van der Waals surface area contributed by atoms with E-state index in [0.29, 0.717) is 32.1 Å². The molecule has 2 aliphatic rings. The molecule has 1 aromatic heterocycles. The first-order valence-electron chi connectivity index (χ1n) is 10.3. The molecular formula is C22H27FN6O2. The van der Waals surface area contributed by atoms with E-state index in [9.17, 15) is 9.18 Å². The summed E-state index contributed by atoms with van der Waals surface area (Å²) in [7, 11) is 0. The summed E-state index contributed by atoms with van der Waals surface area (Å²) in [5.41, 5.74) is 10.8. The lowest BCUT2D eigenvalue weighted by Crippen LogP contribution is -2.46. The summed E-state index contributed by atoms with van der Waals surface area (Å²) in [5, 5.41) is 3.34. The number of nitrogens with zero attached hydrogens (tertiary/aromatic N) is 4. The summed E-state index contributed by atoms with van der Waals surface area (Å²) in [5.74, 6) is -1.39. The average Bonchev–Trinajstić information content (AvgIpc) is 2.73. The van der Waals surface area contributed by atoms with Crippen LogP contribution in [0, 0.1) is 12.9 Å². The van der Waals surface area contributed by atoms with Crippen LogP contribution in [0.3, 0.4) is 0 Å². The molecule has 0 saturated carbocycles. The Balaban J connectivity index is 1.43. The second kappa shape index (κ2) is 8.99. The van der Waals surface area contributed by atoms with Gasteiger partial charge in [-0.25, -0.2) is 4.98 Å². The number of benzene rings is 1. The Kier molecular flexibility index (Phi) is 6.15. The molecular weight excluding hydrogens is 399 g/mol. The summed E-state index contributed by atoms with van der Waals surface area (Å²) in [6.45, 7) is 8.79. The number of primary amides is 1. The third kappa shape index (κ3) is 4.67. The number of ether oxygens (including phenoxy) is 1. The van der Waals surface area contributed by atoms with Gasteiger partial charge in [0, 0.05) is 38.4 Å². The third-order valence-corrected chi connectivity index (χ3v) is 5.72. The average molecular weight is 426 g/mol. The minimum absolute atomic E-state index is 0.0622. The van der Waals surface area contributed by atoms with Crippen molar-refractivity contribution < 1.29 is 13.9 Å². The van der Waals surface area contributed by atoms with E-state index in [1.807, 2.05) is 11.8 Å². The van der Waals surface area contributed by atoms with E-state index in [1.165, 1.54) is 17.2 Å². The van der Waals surface area contributed by atoms with E-state index in [1.54, 1.807) is 6.07 Å². The van der Waals surface area contributed by atoms with Crippen LogP contribution in [0.5, 0.6) is 0 Å². The zero-order valence-corrected chi connectivity index (χ0v) is 17.8. The number of pyridine rings is 1. The van der Waals surface area contributed by atoms with Crippen LogP contribution in [0.4, 0.5) is 21.5 Å². The number of halogens is 1. The zero-order chi connectivity index (χ0) is 22.0. The fourth-order valence-electron chi connectivity index (χ4n) is 3.98. The number of aromatic nitrogens is 1. The molecule has 3 N–H and O–H groups in total. The monoisotopic (exact) mass is 426 g/mol. The number of carbonyl (C=O) groups excluding carboxylic acids is 1. The molecule has 1 amide bonds. The quantitative estimate of drug-likeness (QED) is 0.729. The summed E-state index contributed by atoms with van der Waals surface area (Å²) >= 11 is 0. The molecule has 0 radical (unpaired) electrons. The van der Waals surface area contributed by atoms with Crippen molar-refractivity contribution in [2.75, 3.05) is 49.7 Å². The first kappa shape index (κ1) is 21.2. The number of amides is 1. The number of anilines is 2. The number of piperazine rings is 1. The molecule has 1 aromatic carbocycles. The molecule has 1 saturated heterocycles. The zero-order valence-electron chi connectivity index (χ0n) is 17.8. The Bertz CT molecular complexity index is 1020. The molecule has 2 aliphatic heterocycles. The second-order valence-corrected chi connectivity index (χ2v) is 7.89. The maximum Gasteiger partial charge on any atom is 0.267 e. The predicted molar refractivity (Wildman–Crippen MR) is 119 cm³/mol. The van der Waals surface area contributed by atoms with Crippen molar-refractivity contribution in [3.63, 3.8) is 0 Å². The van der Waals surface area contributed by atoms with Crippen molar-refractivity contribution >= 4 is 28.7 Å².